The van der Waals surface area contributed by atoms with Gasteiger partial charge in [0.2, 0.25) is 5.91 Å². The van der Waals surface area contributed by atoms with Crippen LogP contribution in [0, 0.1) is 0 Å². The highest BCUT2D eigenvalue weighted by Crippen LogP contribution is 2.29. The summed E-state index contributed by atoms with van der Waals surface area (Å²) in [6.45, 7) is -0.640. The predicted octanol–water partition coefficient (Wildman–Crippen LogP) is -5.43. The monoisotopic (exact) mass is 463 g/mol. The zero-order valence-corrected chi connectivity index (χ0v) is 16.4. The first-order valence-electron chi connectivity index (χ1n) is 8.72. The Labute approximate surface area is 170 Å². The van der Waals surface area contributed by atoms with Crippen LogP contribution in [0.25, 0.3) is 0 Å². The highest BCUT2D eigenvalue weighted by atomic mass is 32.3. The topological polar surface area (TPSA) is 242 Å². The Morgan fingerprint density at radius 3 is 2.17 bits per heavy atom. The molecule has 0 aliphatic carbocycles. The number of aliphatic hydroxyl groups excluding tert-OH is 6. The minimum atomic E-state index is -4.94. The molecule has 0 spiro atoms. The molecule has 0 saturated carbocycles. The van der Waals surface area contributed by atoms with Crippen molar-refractivity contribution >= 4 is 16.3 Å². The smallest absolute Gasteiger partial charge is 0.394 e. The van der Waals surface area contributed by atoms with Gasteiger partial charge in [-0.25, -0.2) is 4.18 Å². The molecule has 0 aromatic heterocycles. The molecule has 2 saturated heterocycles. The molecule has 0 aromatic carbocycles. The maximum absolute atomic E-state index is 11.3. The summed E-state index contributed by atoms with van der Waals surface area (Å²) in [5, 5.41) is 61.8. The van der Waals surface area contributed by atoms with E-state index in [1.807, 2.05) is 0 Å². The maximum Gasteiger partial charge on any atom is 0.397 e. The lowest BCUT2D eigenvalue weighted by atomic mass is 9.95. The first-order chi connectivity index (χ1) is 13.9. The van der Waals surface area contributed by atoms with Crippen LogP contribution in [-0.2, 0) is 33.6 Å². The zero-order valence-electron chi connectivity index (χ0n) is 15.6. The third-order valence-corrected chi connectivity index (χ3v) is 5.02. The van der Waals surface area contributed by atoms with Crippen LogP contribution in [0.3, 0.4) is 0 Å². The SMILES string of the molecule is CC(=O)N[C@H]1C(O)O[C@H](COS(=O)(=O)O)[C@@H](O[C@@H]2O[C@H](CO)[C@H](O)[C@H](O)[C@H]2O)[C@@H]1O. The molecule has 2 aliphatic heterocycles. The van der Waals surface area contributed by atoms with Crippen molar-refractivity contribution in [2.75, 3.05) is 13.2 Å². The summed E-state index contributed by atoms with van der Waals surface area (Å²) in [6, 6.07) is -1.46. The van der Waals surface area contributed by atoms with Crippen LogP contribution in [0.2, 0.25) is 0 Å². The number of amides is 1. The molecule has 2 heterocycles. The second-order valence-corrected chi connectivity index (χ2v) is 7.88. The number of carbonyl (C=O) groups excluding carboxylic acids is 1. The molecule has 0 aromatic rings. The van der Waals surface area contributed by atoms with Crippen LogP contribution in [0.5, 0.6) is 0 Å². The molecular formula is C14H25NO14S. The van der Waals surface area contributed by atoms with Crippen molar-refractivity contribution in [2.24, 2.45) is 0 Å². The standard InChI is InChI=1S/C14H25NO14S/c1-4(17)15-7-9(19)12(6(27-13(7)22)3-26-30(23,24)25)29-14-11(21)10(20)8(18)5(2-16)28-14/h5-14,16,18-22H,2-3H2,1H3,(H,15,17)(H,23,24,25)/t5-,6-,7-,8+,9-,10+,11-,12-,13?,14+/m1/s1. The molecule has 0 radical (unpaired) electrons. The summed E-state index contributed by atoms with van der Waals surface area (Å²) in [5.74, 6) is -0.666. The zero-order chi connectivity index (χ0) is 22.8. The molecule has 176 valence electrons. The fraction of sp³-hybridized carbons (Fsp3) is 0.929. The minimum absolute atomic E-state index is 0.666. The lowest BCUT2D eigenvalue weighted by molar-refractivity contribution is -0.344. The summed E-state index contributed by atoms with van der Waals surface area (Å²) in [6.07, 6.45) is -15.3. The van der Waals surface area contributed by atoms with Crippen molar-refractivity contribution < 1.29 is 66.8 Å². The molecular weight excluding hydrogens is 438 g/mol. The van der Waals surface area contributed by atoms with Gasteiger partial charge in [0.1, 0.15) is 48.8 Å². The molecule has 16 heteroatoms. The number of hydrogen-bond donors (Lipinski definition) is 8. The van der Waals surface area contributed by atoms with Gasteiger partial charge in [0, 0.05) is 6.92 Å². The van der Waals surface area contributed by atoms with Gasteiger partial charge in [0.05, 0.1) is 13.2 Å². The fourth-order valence-corrected chi connectivity index (χ4v) is 3.42. The maximum atomic E-state index is 11.3. The van der Waals surface area contributed by atoms with E-state index in [0.717, 1.165) is 6.92 Å². The third kappa shape index (κ3) is 6.02. The lowest BCUT2D eigenvalue weighted by Gasteiger charge is -2.46. The average Bonchev–Trinajstić information content (AvgIpc) is 2.65. The Morgan fingerprint density at radius 1 is 1.00 bits per heavy atom. The number of rotatable bonds is 7. The Kier molecular flexibility index (Phi) is 8.47. The van der Waals surface area contributed by atoms with Crippen LogP contribution < -0.4 is 5.32 Å². The van der Waals surface area contributed by atoms with E-state index in [0.29, 0.717) is 0 Å². The summed E-state index contributed by atoms with van der Waals surface area (Å²) < 4.78 is 50.3. The molecule has 2 aliphatic rings. The van der Waals surface area contributed by atoms with Crippen LogP contribution in [0.1, 0.15) is 6.92 Å². The summed E-state index contributed by atoms with van der Waals surface area (Å²) in [5.41, 5.74) is 0. The van der Waals surface area contributed by atoms with Gasteiger partial charge < -0.3 is 50.2 Å². The Balaban J connectivity index is 2.25. The van der Waals surface area contributed by atoms with E-state index in [9.17, 15) is 43.9 Å². The Morgan fingerprint density at radius 2 is 1.63 bits per heavy atom. The van der Waals surface area contributed by atoms with E-state index in [2.05, 4.69) is 9.50 Å². The van der Waals surface area contributed by atoms with Gasteiger partial charge in [-0.05, 0) is 0 Å². The van der Waals surface area contributed by atoms with E-state index in [1.165, 1.54) is 0 Å². The molecule has 2 rings (SSSR count). The summed E-state index contributed by atoms with van der Waals surface area (Å²) in [7, 11) is -4.94. The van der Waals surface area contributed by atoms with Gasteiger partial charge in [-0.1, -0.05) is 0 Å². The van der Waals surface area contributed by atoms with Crippen molar-refractivity contribution in [3.05, 3.63) is 0 Å². The molecule has 2 fully saturated rings. The molecule has 30 heavy (non-hydrogen) atoms. The molecule has 10 atom stereocenters. The van der Waals surface area contributed by atoms with Crippen molar-refractivity contribution in [3.8, 4) is 0 Å². The number of nitrogens with one attached hydrogen (secondary N) is 1. The Bertz CT molecular complexity index is 688. The van der Waals surface area contributed by atoms with Gasteiger partial charge in [0.15, 0.2) is 12.6 Å². The minimum Gasteiger partial charge on any atom is -0.394 e. The van der Waals surface area contributed by atoms with Gasteiger partial charge in [-0.3, -0.25) is 9.35 Å². The molecule has 15 nitrogen and oxygen atoms in total. The van der Waals surface area contributed by atoms with Gasteiger partial charge >= 0.3 is 10.4 Å². The predicted molar refractivity (Wildman–Crippen MR) is 90.6 cm³/mol. The number of ether oxygens (including phenoxy) is 3. The largest absolute Gasteiger partial charge is 0.397 e. The molecule has 1 amide bonds. The van der Waals surface area contributed by atoms with E-state index < -0.39 is 90.9 Å². The third-order valence-electron chi connectivity index (χ3n) is 4.58. The number of carbonyl (C=O) groups is 1. The number of hydrogen-bond acceptors (Lipinski definition) is 13. The number of aliphatic hydroxyl groups is 6. The van der Waals surface area contributed by atoms with Crippen LogP contribution in [0.15, 0.2) is 0 Å². The van der Waals surface area contributed by atoms with E-state index in [-0.39, 0.29) is 0 Å². The van der Waals surface area contributed by atoms with E-state index >= 15 is 0 Å². The molecule has 1 unspecified atom stereocenters. The van der Waals surface area contributed by atoms with Gasteiger partial charge in [-0.2, -0.15) is 8.42 Å². The average molecular weight is 463 g/mol. The quantitative estimate of drug-likeness (QED) is 0.164. The second kappa shape index (κ2) is 10.1. The highest BCUT2D eigenvalue weighted by Gasteiger charge is 2.51. The summed E-state index contributed by atoms with van der Waals surface area (Å²) >= 11 is 0. The van der Waals surface area contributed by atoms with Crippen LogP contribution in [0.4, 0.5) is 0 Å². The lowest BCUT2D eigenvalue weighted by Crippen LogP contribution is -2.67. The van der Waals surface area contributed by atoms with Gasteiger partial charge in [-0.15, -0.1) is 0 Å². The van der Waals surface area contributed by atoms with Crippen molar-refractivity contribution in [1.29, 1.82) is 0 Å². The Hall–Kier alpha value is -1.02. The molecule has 0 bridgehead atoms. The van der Waals surface area contributed by atoms with Gasteiger partial charge in [0.25, 0.3) is 0 Å². The molecule has 8 N–H and O–H groups in total. The second-order valence-electron chi connectivity index (χ2n) is 6.79. The first kappa shape index (κ1) is 25.2. The van der Waals surface area contributed by atoms with Crippen LogP contribution in [-0.4, -0.2) is 124 Å². The van der Waals surface area contributed by atoms with Crippen molar-refractivity contribution in [3.63, 3.8) is 0 Å². The first-order valence-corrected chi connectivity index (χ1v) is 10.1. The van der Waals surface area contributed by atoms with E-state index in [4.69, 9.17) is 18.8 Å². The summed E-state index contributed by atoms with van der Waals surface area (Å²) in [4.78, 5) is 11.3. The highest BCUT2D eigenvalue weighted by molar-refractivity contribution is 7.80. The van der Waals surface area contributed by atoms with Crippen molar-refractivity contribution in [1.82, 2.24) is 5.32 Å². The van der Waals surface area contributed by atoms with Crippen molar-refractivity contribution in [2.45, 2.75) is 68.3 Å². The van der Waals surface area contributed by atoms with E-state index in [1.54, 1.807) is 0 Å². The van der Waals surface area contributed by atoms with Crippen LogP contribution >= 0.6 is 0 Å². The fourth-order valence-electron chi connectivity index (χ4n) is 3.12. The normalized spacial score (nSPS) is 42.7.